The maximum atomic E-state index is 12.3. The highest BCUT2D eigenvalue weighted by atomic mass is 32.2. The van der Waals surface area contributed by atoms with Crippen molar-refractivity contribution < 1.29 is 13.9 Å². The Kier molecular flexibility index (Phi) is 5.70. The molecule has 0 amide bonds. The lowest BCUT2D eigenvalue weighted by atomic mass is 9.92. The first-order valence-electron chi connectivity index (χ1n) is 8.64. The minimum atomic E-state index is -0.377. The molecule has 6 nitrogen and oxygen atoms in total. The van der Waals surface area contributed by atoms with Crippen molar-refractivity contribution in [2.24, 2.45) is 5.41 Å². The average Bonchev–Trinajstić information content (AvgIpc) is 3.29. The third kappa shape index (κ3) is 4.60. The molecule has 3 aromatic rings. The van der Waals surface area contributed by atoms with E-state index in [0.29, 0.717) is 17.5 Å². The summed E-state index contributed by atoms with van der Waals surface area (Å²) in [6.07, 6.45) is 1.64. The van der Waals surface area contributed by atoms with Crippen molar-refractivity contribution in [3.05, 3.63) is 48.4 Å². The van der Waals surface area contributed by atoms with Gasteiger partial charge < -0.3 is 9.15 Å². The van der Waals surface area contributed by atoms with E-state index < -0.39 is 0 Å². The fourth-order valence-electron chi connectivity index (χ4n) is 2.40. The van der Waals surface area contributed by atoms with Crippen LogP contribution in [-0.2, 0) is 11.3 Å². The van der Waals surface area contributed by atoms with Gasteiger partial charge in [-0.3, -0.25) is 9.36 Å². The SMILES string of the molecule is COc1ccc(-c2nnc(SCC(=O)C(C)(C)C)n2Cc2ccco2)cc1. The van der Waals surface area contributed by atoms with Gasteiger partial charge in [0.1, 0.15) is 17.3 Å². The normalized spacial score (nSPS) is 11.6. The molecule has 0 aliphatic carbocycles. The first kappa shape index (κ1) is 19.2. The second-order valence-electron chi connectivity index (χ2n) is 7.16. The number of benzene rings is 1. The largest absolute Gasteiger partial charge is 0.497 e. The van der Waals surface area contributed by atoms with Gasteiger partial charge in [0.25, 0.3) is 0 Å². The minimum absolute atomic E-state index is 0.172. The molecule has 0 saturated carbocycles. The van der Waals surface area contributed by atoms with Crippen LogP contribution >= 0.6 is 11.8 Å². The van der Waals surface area contributed by atoms with Crippen LogP contribution in [-0.4, -0.2) is 33.4 Å². The Hall–Kier alpha value is -2.54. The number of hydrogen-bond donors (Lipinski definition) is 0. The molecule has 2 aromatic heterocycles. The van der Waals surface area contributed by atoms with Crippen molar-refractivity contribution in [3.8, 4) is 17.1 Å². The predicted octanol–water partition coefficient (Wildman–Crippen LogP) is 4.30. The number of ketones is 1. The average molecular weight is 385 g/mol. The highest BCUT2D eigenvalue weighted by Gasteiger charge is 2.23. The lowest BCUT2D eigenvalue weighted by Gasteiger charge is -2.16. The third-order valence-electron chi connectivity index (χ3n) is 4.13. The van der Waals surface area contributed by atoms with E-state index in [1.165, 1.54) is 11.8 Å². The van der Waals surface area contributed by atoms with Gasteiger partial charge in [0, 0.05) is 11.0 Å². The number of nitrogens with zero attached hydrogens (tertiary/aromatic N) is 3. The number of ether oxygens (including phenoxy) is 1. The third-order valence-corrected chi connectivity index (χ3v) is 5.09. The summed E-state index contributed by atoms with van der Waals surface area (Å²) in [7, 11) is 1.63. The molecule has 0 spiro atoms. The van der Waals surface area contributed by atoms with Gasteiger partial charge in [-0.2, -0.15) is 0 Å². The van der Waals surface area contributed by atoms with Crippen LogP contribution in [0.5, 0.6) is 5.75 Å². The summed E-state index contributed by atoms with van der Waals surface area (Å²) in [5.74, 6) is 2.82. The molecule has 0 aliphatic heterocycles. The van der Waals surface area contributed by atoms with E-state index in [1.54, 1.807) is 13.4 Å². The highest BCUT2D eigenvalue weighted by Crippen LogP contribution is 2.28. The molecule has 0 bridgehead atoms. The molecule has 27 heavy (non-hydrogen) atoms. The van der Waals surface area contributed by atoms with Crippen LogP contribution in [0, 0.1) is 5.41 Å². The van der Waals surface area contributed by atoms with E-state index in [4.69, 9.17) is 9.15 Å². The van der Waals surface area contributed by atoms with E-state index in [2.05, 4.69) is 10.2 Å². The van der Waals surface area contributed by atoms with Gasteiger partial charge in [-0.1, -0.05) is 32.5 Å². The zero-order valence-electron chi connectivity index (χ0n) is 15.9. The summed E-state index contributed by atoms with van der Waals surface area (Å²) in [6.45, 7) is 6.26. The lowest BCUT2D eigenvalue weighted by Crippen LogP contribution is -2.22. The maximum absolute atomic E-state index is 12.3. The van der Waals surface area contributed by atoms with Crippen molar-refractivity contribution >= 4 is 17.5 Å². The van der Waals surface area contributed by atoms with E-state index in [9.17, 15) is 4.79 Å². The Labute approximate surface area is 162 Å². The van der Waals surface area contributed by atoms with Gasteiger partial charge in [0.05, 0.1) is 25.7 Å². The highest BCUT2D eigenvalue weighted by molar-refractivity contribution is 7.99. The summed E-state index contributed by atoms with van der Waals surface area (Å²) in [5, 5.41) is 9.37. The molecule has 0 fully saturated rings. The fraction of sp³-hybridized carbons (Fsp3) is 0.350. The zero-order chi connectivity index (χ0) is 19.4. The number of carbonyl (C=O) groups excluding carboxylic acids is 1. The first-order valence-corrected chi connectivity index (χ1v) is 9.63. The standard InChI is InChI=1S/C20H23N3O3S/c1-20(2,3)17(24)13-27-19-22-21-18(14-7-9-15(25-4)10-8-14)23(19)12-16-6-5-11-26-16/h5-11H,12-13H2,1-4H3. The molecule has 0 unspecified atom stereocenters. The molecule has 0 N–H and O–H groups in total. The number of rotatable bonds is 7. The van der Waals surface area contributed by atoms with Gasteiger partial charge in [-0.15, -0.1) is 10.2 Å². The maximum Gasteiger partial charge on any atom is 0.192 e. The van der Waals surface area contributed by atoms with Gasteiger partial charge in [0.15, 0.2) is 11.0 Å². The van der Waals surface area contributed by atoms with Crippen molar-refractivity contribution in [3.63, 3.8) is 0 Å². The van der Waals surface area contributed by atoms with E-state index >= 15 is 0 Å². The van der Waals surface area contributed by atoms with Crippen LogP contribution in [0.2, 0.25) is 0 Å². The molecule has 3 rings (SSSR count). The van der Waals surface area contributed by atoms with Crippen LogP contribution in [0.3, 0.4) is 0 Å². The molecule has 0 aliphatic rings. The second kappa shape index (κ2) is 8.00. The Morgan fingerprint density at radius 2 is 1.93 bits per heavy atom. The molecule has 0 atom stereocenters. The number of carbonyl (C=O) groups is 1. The summed E-state index contributed by atoms with van der Waals surface area (Å²) in [4.78, 5) is 12.3. The van der Waals surface area contributed by atoms with Crippen LogP contribution in [0.15, 0.2) is 52.2 Å². The Bertz CT molecular complexity index is 894. The molecule has 0 radical (unpaired) electrons. The zero-order valence-corrected chi connectivity index (χ0v) is 16.7. The molecule has 2 heterocycles. The van der Waals surface area contributed by atoms with E-state index in [-0.39, 0.29) is 11.2 Å². The van der Waals surface area contributed by atoms with Crippen molar-refractivity contribution in [2.75, 3.05) is 12.9 Å². The first-order chi connectivity index (χ1) is 12.9. The summed E-state index contributed by atoms with van der Waals surface area (Å²) in [6, 6.07) is 11.4. The molecular formula is C20H23N3O3S. The van der Waals surface area contributed by atoms with Gasteiger partial charge >= 0.3 is 0 Å². The molecular weight excluding hydrogens is 362 g/mol. The Morgan fingerprint density at radius 1 is 1.19 bits per heavy atom. The summed E-state index contributed by atoms with van der Waals surface area (Å²) in [5.41, 5.74) is 0.543. The minimum Gasteiger partial charge on any atom is -0.497 e. The number of furan rings is 1. The monoisotopic (exact) mass is 385 g/mol. The van der Waals surface area contributed by atoms with Crippen molar-refractivity contribution in [1.82, 2.24) is 14.8 Å². The van der Waals surface area contributed by atoms with Gasteiger partial charge in [0.2, 0.25) is 0 Å². The molecule has 7 heteroatoms. The molecule has 142 valence electrons. The topological polar surface area (TPSA) is 70.2 Å². The lowest BCUT2D eigenvalue weighted by molar-refractivity contribution is -0.123. The fourth-order valence-corrected chi connectivity index (χ4v) is 3.50. The summed E-state index contributed by atoms with van der Waals surface area (Å²) < 4.78 is 12.7. The summed E-state index contributed by atoms with van der Waals surface area (Å²) >= 11 is 1.40. The number of Topliss-reactive ketones (excluding diaryl/α,β-unsaturated/α-hetero) is 1. The number of methoxy groups -OCH3 is 1. The van der Waals surface area contributed by atoms with Crippen molar-refractivity contribution in [2.45, 2.75) is 32.5 Å². The predicted molar refractivity (Wildman–Crippen MR) is 105 cm³/mol. The number of aromatic nitrogens is 3. The molecule has 1 aromatic carbocycles. The number of hydrogen-bond acceptors (Lipinski definition) is 6. The Balaban J connectivity index is 1.90. The quantitative estimate of drug-likeness (QED) is 0.565. The van der Waals surface area contributed by atoms with Crippen LogP contribution in [0.1, 0.15) is 26.5 Å². The Morgan fingerprint density at radius 3 is 2.52 bits per heavy atom. The van der Waals surface area contributed by atoms with Crippen molar-refractivity contribution in [1.29, 1.82) is 0 Å². The number of thioether (sulfide) groups is 1. The van der Waals surface area contributed by atoms with Crippen LogP contribution in [0.25, 0.3) is 11.4 Å². The van der Waals surface area contributed by atoms with E-state index in [0.717, 1.165) is 22.9 Å². The van der Waals surface area contributed by atoms with Gasteiger partial charge in [-0.05, 0) is 36.4 Å². The molecule has 0 saturated heterocycles. The van der Waals surface area contributed by atoms with Crippen LogP contribution in [0.4, 0.5) is 0 Å². The second-order valence-corrected chi connectivity index (χ2v) is 8.10. The smallest absolute Gasteiger partial charge is 0.192 e. The van der Waals surface area contributed by atoms with Crippen LogP contribution < -0.4 is 4.74 Å². The van der Waals surface area contributed by atoms with Gasteiger partial charge in [-0.25, -0.2) is 0 Å². The van der Waals surface area contributed by atoms with E-state index in [1.807, 2.05) is 61.7 Å².